The lowest BCUT2D eigenvalue weighted by molar-refractivity contribution is -0.142. The van der Waals surface area contributed by atoms with Gasteiger partial charge in [-0.2, -0.15) is 0 Å². The van der Waals surface area contributed by atoms with Crippen LogP contribution < -0.4 is 10.1 Å². The van der Waals surface area contributed by atoms with Crippen LogP contribution in [0.4, 0.5) is 0 Å². The molecule has 1 saturated heterocycles. The number of hydrogen-bond acceptors (Lipinski definition) is 5. The summed E-state index contributed by atoms with van der Waals surface area (Å²) in [5.74, 6) is 0.535. The molecule has 1 N–H and O–H groups in total. The number of carbonyl (C=O) groups is 1. The minimum Gasteiger partial charge on any atom is -0.489 e. The molecule has 0 aromatic carbocycles. The number of esters is 1. The largest absolute Gasteiger partial charge is 0.489 e. The van der Waals surface area contributed by atoms with Gasteiger partial charge in [0.25, 0.3) is 0 Å². The van der Waals surface area contributed by atoms with Crippen LogP contribution in [0.15, 0.2) is 24.5 Å². The summed E-state index contributed by atoms with van der Waals surface area (Å²) in [6.45, 7) is 0.655. The maximum absolute atomic E-state index is 11.3. The molecule has 1 aromatic rings. The van der Waals surface area contributed by atoms with Gasteiger partial charge in [-0.1, -0.05) is 0 Å². The molecule has 0 amide bonds. The lowest BCUT2D eigenvalue weighted by atomic mass is 10.2. The number of methoxy groups -OCH3 is 1. The summed E-state index contributed by atoms with van der Waals surface area (Å²) in [6, 6.07) is 3.34. The van der Waals surface area contributed by atoms with E-state index in [0.29, 0.717) is 13.0 Å². The molecule has 2 atom stereocenters. The Bertz CT molecular complexity index is 356. The van der Waals surface area contributed by atoms with E-state index in [0.717, 1.165) is 5.75 Å². The molecule has 16 heavy (non-hydrogen) atoms. The maximum atomic E-state index is 11.3. The van der Waals surface area contributed by atoms with Crippen LogP contribution in [-0.2, 0) is 9.53 Å². The van der Waals surface area contributed by atoms with Crippen LogP contribution in [0.3, 0.4) is 0 Å². The summed E-state index contributed by atoms with van der Waals surface area (Å²) in [4.78, 5) is 15.2. The minimum absolute atomic E-state index is 0.00602. The van der Waals surface area contributed by atoms with Gasteiger partial charge in [0.1, 0.15) is 17.9 Å². The number of carbonyl (C=O) groups excluding carboxylic acids is 1. The number of pyridine rings is 1. The van der Waals surface area contributed by atoms with Crippen LogP contribution in [0.2, 0.25) is 0 Å². The first-order valence-corrected chi connectivity index (χ1v) is 5.17. The molecule has 0 spiro atoms. The summed E-state index contributed by atoms with van der Waals surface area (Å²) in [5.41, 5.74) is 0. The van der Waals surface area contributed by atoms with Crippen LogP contribution in [-0.4, -0.2) is 36.8 Å². The Balaban J connectivity index is 1.88. The van der Waals surface area contributed by atoms with Crippen molar-refractivity contribution < 1.29 is 14.3 Å². The normalized spacial score (nSPS) is 24.1. The van der Waals surface area contributed by atoms with Gasteiger partial charge in [-0.05, 0) is 12.1 Å². The Morgan fingerprint density at radius 3 is 2.94 bits per heavy atom. The van der Waals surface area contributed by atoms with E-state index in [1.807, 2.05) is 0 Å². The second-order valence-electron chi connectivity index (χ2n) is 3.64. The summed E-state index contributed by atoms with van der Waals surface area (Å²) >= 11 is 0. The molecule has 2 heterocycles. The fourth-order valence-electron chi connectivity index (χ4n) is 1.72. The van der Waals surface area contributed by atoms with E-state index in [1.54, 1.807) is 24.5 Å². The van der Waals surface area contributed by atoms with E-state index in [1.165, 1.54) is 7.11 Å². The third-order valence-electron chi connectivity index (χ3n) is 2.53. The molecule has 2 rings (SSSR count). The lowest BCUT2D eigenvalue weighted by Crippen LogP contribution is -2.31. The second kappa shape index (κ2) is 4.94. The van der Waals surface area contributed by atoms with Crippen molar-refractivity contribution in [2.24, 2.45) is 0 Å². The zero-order valence-electron chi connectivity index (χ0n) is 9.05. The lowest BCUT2D eigenvalue weighted by Gasteiger charge is -2.12. The molecule has 0 unspecified atom stereocenters. The number of aromatic nitrogens is 1. The molecule has 0 bridgehead atoms. The van der Waals surface area contributed by atoms with Gasteiger partial charge < -0.3 is 14.8 Å². The highest BCUT2D eigenvalue weighted by atomic mass is 16.5. The fraction of sp³-hybridized carbons (Fsp3) is 0.455. The van der Waals surface area contributed by atoms with E-state index < -0.39 is 0 Å². The highest BCUT2D eigenvalue weighted by molar-refractivity contribution is 5.76. The van der Waals surface area contributed by atoms with E-state index in [9.17, 15) is 4.79 Å². The summed E-state index contributed by atoms with van der Waals surface area (Å²) in [6.07, 6.45) is 3.99. The molecule has 0 radical (unpaired) electrons. The zero-order chi connectivity index (χ0) is 11.4. The molecule has 1 aliphatic rings. The Morgan fingerprint density at radius 2 is 2.25 bits per heavy atom. The van der Waals surface area contributed by atoms with Gasteiger partial charge in [-0.15, -0.1) is 0 Å². The monoisotopic (exact) mass is 222 g/mol. The van der Waals surface area contributed by atoms with E-state index in [2.05, 4.69) is 15.0 Å². The third-order valence-corrected chi connectivity index (χ3v) is 2.53. The van der Waals surface area contributed by atoms with E-state index in [-0.39, 0.29) is 18.1 Å². The predicted octanol–water partition coefficient (Wildman–Crippen LogP) is 0.364. The van der Waals surface area contributed by atoms with Crippen molar-refractivity contribution in [1.82, 2.24) is 10.3 Å². The average molecular weight is 222 g/mol. The molecular formula is C11H14N2O3. The van der Waals surface area contributed by atoms with Gasteiger partial charge in [0.15, 0.2) is 0 Å². The number of nitrogens with one attached hydrogen (secondary N) is 1. The Morgan fingerprint density at radius 1 is 1.50 bits per heavy atom. The van der Waals surface area contributed by atoms with Gasteiger partial charge in [-0.25, -0.2) is 0 Å². The summed E-state index contributed by atoms with van der Waals surface area (Å²) in [7, 11) is 1.39. The third kappa shape index (κ3) is 2.49. The summed E-state index contributed by atoms with van der Waals surface area (Å²) in [5, 5.41) is 3.06. The van der Waals surface area contributed by atoms with Crippen LogP contribution in [0.25, 0.3) is 0 Å². The number of rotatable bonds is 3. The van der Waals surface area contributed by atoms with Gasteiger partial charge in [0.2, 0.25) is 0 Å². The van der Waals surface area contributed by atoms with Crippen molar-refractivity contribution in [2.75, 3.05) is 13.7 Å². The van der Waals surface area contributed by atoms with Gasteiger partial charge in [0.05, 0.1) is 7.11 Å². The van der Waals surface area contributed by atoms with Crippen LogP contribution >= 0.6 is 0 Å². The fourth-order valence-corrected chi connectivity index (χ4v) is 1.72. The molecular weight excluding hydrogens is 208 g/mol. The Kier molecular flexibility index (Phi) is 3.36. The van der Waals surface area contributed by atoms with E-state index >= 15 is 0 Å². The first kappa shape index (κ1) is 10.9. The van der Waals surface area contributed by atoms with Crippen molar-refractivity contribution >= 4 is 5.97 Å². The molecule has 0 saturated carbocycles. The van der Waals surface area contributed by atoms with Gasteiger partial charge in [-0.3, -0.25) is 9.78 Å². The van der Waals surface area contributed by atoms with Crippen molar-refractivity contribution in [1.29, 1.82) is 0 Å². The zero-order valence-corrected chi connectivity index (χ0v) is 9.05. The van der Waals surface area contributed by atoms with Crippen molar-refractivity contribution in [3.8, 4) is 5.75 Å². The highest BCUT2D eigenvalue weighted by Crippen LogP contribution is 2.16. The van der Waals surface area contributed by atoms with Crippen LogP contribution in [0.5, 0.6) is 5.75 Å². The van der Waals surface area contributed by atoms with Crippen LogP contribution in [0.1, 0.15) is 6.42 Å². The molecule has 1 aliphatic heterocycles. The molecule has 86 valence electrons. The minimum atomic E-state index is -0.253. The summed E-state index contributed by atoms with van der Waals surface area (Å²) < 4.78 is 10.4. The number of nitrogens with zero attached hydrogens (tertiary/aromatic N) is 1. The van der Waals surface area contributed by atoms with Crippen molar-refractivity contribution in [3.05, 3.63) is 24.5 Å². The first-order chi connectivity index (χ1) is 7.79. The standard InChI is InChI=1S/C11H14N2O3/c1-15-11(14)10-6-9(7-13-10)16-8-2-4-12-5-3-8/h2-5,9-10,13H,6-7H2,1H3/t9-,10+/m1/s1. The van der Waals surface area contributed by atoms with Crippen LogP contribution in [0, 0.1) is 0 Å². The number of ether oxygens (including phenoxy) is 2. The highest BCUT2D eigenvalue weighted by Gasteiger charge is 2.31. The Hall–Kier alpha value is -1.62. The quantitative estimate of drug-likeness (QED) is 0.748. The average Bonchev–Trinajstić information content (AvgIpc) is 2.78. The molecule has 5 heteroatoms. The molecule has 0 aliphatic carbocycles. The Labute approximate surface area is 93.8 Å². The molecule has 5 nitrogen and oxygen atoms in total. The second-order valence-corrected chi connectivity index (χ2v) is 3.64. The number of hydrogen-bond donors (Lipinski definition) is 1. The maximum Gasteiger partial charge on any atom is 0.323 e. The van der Waals surface area contributed by atoms with Gasteiger partial charge >= 0.3 is 5.97 Å². The SMILES string of the molecule is COC(=O)[C@@H]1C[C@@H](Oc2ccncc2)CN1. The van der Waals surface area contributed by atoms with Gasteiger partial charge in [0, 0.05) is 25.4 Å². The first-order valence-electron chi connectivity index (χ1n) is 5.17. The predicted molar refractivity (Wildman–Crippen MR) is 57.1 cm³/mol. The van der Waals surface area contributed by atoms with E-state index in [4.69, 9.17) is 4.74 Å². The molecule has 1 fully saturated rings. The van der Waals surface area contributed by atoms with Crippen molar-refractivity contribution in [2.45, 2.75) is 18.6 Å². The van der Waals surface area contributed by atoms with Crippen molar-refractivity contribution in [3.63, 3.8) is 0 Å². The smallest absolute Gasteiger partial charge is 0.323 e. The molecule has 1 aromatic heterocycles. The topological polar surface area (TPSA) is 60.5 Å².